The van der Waals surface area contributed by atoms with Crippen molar-refractivity contribution in [1.29, 1.82) is 0 Å². The van der Waals surface area contributed by atoms with Gasteiger partial charge in [0.25, 0.3) is 15.9 Å². The molecular weight excluding hydrogens is 442 g/mol. The molecule has 4 aromatic rings. The number of halogens is 1. The van der Waals surface area contributed by atoms with E-state index in [-0.39, 0.29) is 10.8 Å². The molecule has 0 bridgehead atoms. The fraction of sp³-hybridized carbons (Fsp3) is 0.0476. The third-order valence-corrected chi connectivity index (χ3v) is 6.87. The lowest BCUT2D eigenvalue weighted by atomic mass is 10.2. The van der Waals surface area contributed by atoms with Gasteiger partial charge >= 0.3 is 0 Å². The monoisotopic (exact) mass is 457 g/mol. The van der Waals surface area contributed by atoms with Crippen LogP contribution in [0.5, 0.6) is 0 Å². The highest BCUT2D eigenvalue weighted by Crippen LogP contribution is 2.27. The smallest absolute Gasteiger partial charge is 0.261 e. The zero-order valence-corrected chi connectivity index (χ0v) is 18.1. The number of aromatic nitrogens is 1. The number of nitrogens with zero attached hydrogens (tertiary/aromatic N) is 1. The van der Waals surface area contributed by atoms with Crippen molar-refractivity contribution in [3.63, 3.8) is 0 Å². The highest BCUT2D eigenvalue weighted by molar-refractivity contribution is 7.92. The molecule has 0 atom stereocenters. The lowest BCUT2D eigenvalue weighted by molar-refractivity contribution is 0.102. The lowest BCUT2D eigenvalue weighted by Gasteiger charge is -2.09. The van der Waals surface area contributed by atoms with Gasteiger partial charge in [-0.05, 0) is 73.2 Å². The van der Waals surface area contributed by atoms with E-state index in [0.717, 1.165) is 15.8 Å². The van der Waals surface area contributed by atoms with Crippen LogP contribution in [-0.2, 0) is 10.0 Å². The number of benzene rings is 3. The maximum Gasteiger partial charge on any atom is 0.261 e. The predicted octanol–water partition coefficient (Wildman–Crippen LogP) is 5.31. The summed E-state index contributed by atoms with van der Waals surface area (Å²) in [4.78, 5) is 17.0. The second-order valence-corrected chi connectivity index (χ2v) is 9.73. The minimum absolute atomic E-state index is 0.0970. The molecule has 0 unspecified atom stereocenters. The van der Waals surface area contributed by atoms with Crippen molar-refractivity contribution >= 4 is 59.9 Å². The van der Waals surface area contributed by atoms with E-state index in [9.17, 15) is 13.2 Å². The van der Waals surface area contributed by atoms with Crippen molar-refractivity contribution in [3.8, 4) is 0 Å². The summed E-state index contributed by atoms with van der Waals surface area (Å²) in [5.41, 5.74) is 2.69. The second kappa shape index (κ2) is 8.06. The molecule has 1 aromatic heterocycles. The summed E-state index contributed by atoms with van der Waals surface area (Å²) in [5, 5.41) is 3.74. The van der Waals surface area contributed by atoms with Crippen molar-refractivity contribution in [1.82, 2.24) is 4.98 Å². The molecule has 30 heavy (non-hydrogen) atoms. The van der Waals surface area contributed by atoms with Gasteiger partial charge in [0.15, 0.2) is 5.13 Å². The summed E-state index contributed by atoms with van der Waals surface area (Å²) in [5.74, 6) is -0.321. The molecule has 1 heterocycles. The predicted molar refractivity (Wildman–Crippen MR) is 121 cm³/mol. The summed E-state index contributed by atoms with van der Waals surface area (Å²) in [6.07, 6.45) is 0. The first kappa shape index (κ1) is 20.3. The maximum absolute atomic E-state index is 12.5. The van der Waals surface area contributed by atoms with Gasteiger partial charge in [0.1, 0.15) is 0 Å². The van der Waals surface area contributed by atoms with Crippen LogP contribution in [0.3, 0.4) is 0 Å². The van der Waals surface area contributed by atoms with Crippen molar-refractivity contribution in [2.45, 2.75) is 11.8 Å². The molecule has 0 saturated carbocycles. The van der Waals surface area contributed by atoms with Crippen LogP contribution in [0, 0.1) is 6.92 Å². The van der Waals surface area contributed by atoms with E-state index in [1.54, 1.807) is 12.1 Å². The van der Waals surface area contributed by atoms with E-state index in [1.165, 1.54) is 47.7 Å². The number of aryl methyl sites for hydroxylation is 1. The zero-order chi connectivity index (χ0) is 21.3. The Bertz CT molecular complexity index is 1330. The van der Waals surface area contributed by atoms with Crippen LogP contribution in [0.15, 0.2) is 71.6 Å². The Morgan fingerprint density at radius 1 is 1.00 bits per heavy atom. The van der Waals surface area contributed by atoms with E-state index in [1.807, 2.05) is 25.1 Å². The van der Waals surface area contributed by atoms with Crippen LogP contribution in [0.25, 0.3) is 10.2 Å². The zero-order valence-electron chi connectivity index (χ0n) is 15.7. The molecule has 0 saturated heterocycles. The number of carbonyl (C=O) groups excluding carboxylic acids is 1. The number of nitrogens with one attached hydrogen (secondary N) is 2. The van der Waals surface area contributed by atoms with Crippen LogP contribution >= 0.6 is 22.9 Å². The first-order valence-electron chi connectivity index (χ1n) is 8.87. The minimum Gasteiger partial charge on any atom is -0.298 e. The summed E-state index contributed by atoms with van der Waals surface area (Å²) in [7, 11) is -3.75. The number of thiazole rings is 1. The fourth-order valence-electron chi connectivity index (χ4n) is 2.77. The molecule has 0 radical (unpaired) electrons. The van der Waals surface area contributed by atoms with Crippen LogP contribution in [0.2, 0.25) is 5.02 Å². The van der Waals surface area contributed by atoms with Gasteiger partial charge in [0.05, 0.1) is 15.1 Å². The number of amides is 1. The number of anilines is 2. The number of rotatable bonds is 5. The standard InChI is InChI=1S/C21H16ClN3O3S2/c1-13-2-11-18-19(12-13)29-21(23-18)24-20(26)14-3-7-16(8-4-14)25-30(27,28)17-9-5-15(22)6-10-17/h2-12,25H,1H3,(H,23,24,26). The van der Waals surface area contributed by atoms with E-state index in [4.69, 9.17) is 11.6 Å². The topological polar surface area (TPSA) is 88.2 Å². The molecule has 3 aromatic carbocycles. The number of hydrogen-bond donors (Lipinski definition) is 2. The molecule has 0 aliphatic rings. The fourth-order valence-corrected chi connectivity index (χ4v) is 4.92. The van der Waals surface area contributed by atoms with Crippen molar-refractivity contribution < 1.29 is 13.2 Å². The Labute approximate surface area is 182 Å². The first-order chi connectivity index (χ1) is 14.3. The summed E-state index contributed by atoms with van der Waals surface area (Å²) >= 11 is 7.20. The molecule has 0 fully saturated rings. The Morgan fingerprint density at radius 3 is 2.40 bits per heavy atom. The van der Waals surface area contributed by atoms with Gasteiger partial charge in [0, 0.05) is 16.3 Å². The summed E-state index contributed by atoms with van der Waals surface area (Å²) < 4.78 is 28.4. The molecule has 0 aliphatic carbocycles. The highest BCUT2D eigenvalue weighted by atomic mass is 35.5. The average molecular weight is 458 g/mol. The molecule has 0 aliphatic heterocycles. The third kappa shape index (κ3) is 4.46. The molecule has 9 heteroatoms. The number of carbonyl (C=O) groups is 1. The first-order valence-corrected chi connectivity index (χ1v) is 11.5. The molecule has 152 valence electrons. The van der Waals surface area contributed by atoms with Gasteiger partial charge in [0.2, 0.25) is 0 Å². The van der Waals surface area contributed by atoms with Crippen molar-refractivity contribution in [3.05, 3.63) is 82.9 Å². The van der Waals surface area contributed by atoms with Gasteiger partial charge in [-0.15, -0.1) is 0 Å². The largest absolute Gasteiger partial charge is 0.298 e. The lowest BCUT2D eigenvalue weighted by Crippen LogP contribution is -2.14. The average Bonchev–Trinajstić information content (AvgIpc) is 3.09. The summed E-state index contributed by atoms with van der Waals surface area (Å²) in [6, 6.07) is 17.9. The van der Waals surface area contributed by atoms with Gasteiger partial charge in [-0.2, -0.15) is 0 Å². The number of fused-ring (bicyclic) bond motifs is 1. The Kier molecular flexibility index (Phi) is 5.46. The molecule has 6 nitrogen and oxygen atoms in total. The van der Waals surface area contributed by atoms with Gasteiger partial charge in [-0.1, -0.05) is 29.0 Å². The van der Waals surface area contributed by atoms with E-state index in [2.05, 4.69) is 15.0 Å². The molecule has 1 amide bonds. The molecule has 4 rings (SSSR count). The van der Waals surface area contributed by atoms with Gasteiger partial charge < -0.3 is 0 Å². The van der Waals surface area contributed by atoms with Crippen molar-refractivity contribution in [2.24, 2.45) is 0 Å². The molecule has 2 N–H and O–H groups in total. The van der Waals surface area contributed by atoms with Crippen molar-refractivity contribution in [2.75, 3.05) is 10.0 Å². The maximum atomic E-state index is 12.5. The van der Waals surface area contributed by atoms with Gasteiger partial charge in [-0.25, -0.2) is 13.4 Å². The van der Waals surface area contributed by atoms with Crippen LogP contribution < -0.4 is 10.0 Å². The van der Waals surface area contributed by atoms with Crippen LogP contribution in [0.1, 0.15) is 15.9 Å². The van der Waals surface area contributed by atoms with Crippen LogP contribution in [0.4, 0.5) is 10.8 Å². The Hall–Kier alpha value is -2.94. The minimum atomic E-state index is -3.75. The second-order valence-electron chi connectivity index (χ2n) is 6.58. The van der Waals surface area contributed by atoms with Crippen LogP contribution in [-0.4, -0.2) is 19.3 Å². The van der Waals surface area contributed by atoms with E-state index < -0.39 is 10.0 Å². The Morgan fingerprint density at radius 2 is 1.70 bits per heavy atom. The normalized spacial score (nSPS) is 11.4. The third-order valence-electron chi connectivity index (χ3n) is 4.29. The van der Waals surface area contributed by atoms with Gasteiger partial charge in [-0.3, -0.25) is 14.8 Å². The summed E-state index contributed by atoms with van der Waals surface area (Å²) in [6.45, 7) is 2.00. The number of sulfonamides is 1. The molecular formula is C21H16ClN3O3S2. The number of hydrogen-bond acceptors (Lipinski definition) is 5. The quantitative estimate of drug-likeness (QED) is 0.425. The molecule has 0 spiro atoms. The SMILES string of the molecule is Cc1ccc2nc(NC(=O)c3ccc(NS(=O)(=O)c4ccc(Cl)cc4)cc3)sc2c1. The van der Waals surface area contributed by atoms with E-state index in [0.29, 0.717) is 21.4 Å². The Balaban J connectivity index is 1.47. The van der Waals surface area contributed by atoms with E-state index >= 15 is 0 Å². The highest BCUT2D eigenvalue weighted by Gasteiger charge is 2.15.